The lowest BCUT2D eigenvalue weighted by Gasteiger charge is -2.04. The number of amides is 1. The molecule has 2 rings (SSSR count). The van der Waals surface area contributed by atoms with E-state index in [0.717, 1.165) is 4.68 Å². The average Bonchev–Trinajstić information content (AvgIpc) is 2.56. The third-order valence-electron chi connectivity index (χ3n) is 2.41. The molecule has 2 aromatic rings. The Morgan fingerprint density at radius 1 is 1.41 bits per heavy atom. The van der Waals surface area contributed by atoms with Crippen LogP contribution < -0.4 is 5.73 Å². The van der Waals surface area contributed by atoms with E-state index in [-0.39, 0.29) is 16.5 Å². The lowest BCUT2D eigenvalue weighted by molar-refractivity contribution is -0.140. The van der Waals surface area contributed by atoms with E-state index < -0.39 is 17.8 Å². The summed E-state index contributed by atoms with van der Waals surface area (Å²) >= 11 is 0. The fourth-order valence-corrected chi connectivity index (χ4v) is 1.72. The van der Waals surface area contributed by atoms with E-state index in [4.69, 9.17) is 5.73 Å². The largest absolute Gasteiger partial charge is 0.435 e. The minimum Gasteiger partial charge on any atom is -0.366 e. The molecule has 0 fully saturated rings. The van der Waals surface area contributed by atoms with Gasteiger partial charge in [0.25, 0.3) is 0 Å². The molecule has 17 heavy (non-hydrogen) atoms. The number of halogens is 3. The topological polar surface area (TPSA) is 60.9 Å². The molecule has 0 saturated heterocycles. The molecule has 1 amide bonds. The molecule has 0 spiro atoms. The fraction of sp³-hybridized carbons (Fsp3) is 0.200. The summed E-state index contributed by atoms with van der Waals surface area (Å²) in [6.07, 6.45) is -4.62. The van der Waals surface area contributed by atoms with Crippen LogP contribution >= 0.6 is 0 Å². The number of hydrogen-bond acceptors (Lipinski definition) is 2. The first-order valence-electron chi connectivity index (χ1n) is 4.65. The van der Waals surface area contributed by atoms with Crippen LogP contribution in [0.2, 0.25) is 0 Å². The van der Waals surface area contributed by atoms with Gasteiger partial charge in [0.05, 0.1) is 11.1 Å². The monoisotopic (exact) mass is 243 g/mol. The van der Waals surface area contributed by atoms with Gasteiger partial charge < -0.3 is 5.73 Å². The molecule has 4 nitrogen and oxygen atoms in total. The Morgan fingerprint density at radius 3 is 2.59 bits per heavy atom. The molecule has 1 aromatic heterocycles. The highest BCUT2D eigenvalue weighted by molar-refractivity contribution is 6.06. The molecule has 90 valence electrons. The van der Waals surface area contributed by atoms with E-state index in [9.17, 15) is 18.0 Å². The number of aryl methyl sites for hydroxylation is 1. The highest BCUT2D eigenvalue weighted by atomic mass is 19.4. The van der Waals surface area contributed by atoms with Crippen molar-refractivity contribution in [2.75, 3.05) is 0 Å². The van der Waals surface area contributed by atoms with Gasteiger partial charge in [-0.15, -0.1) is 0 Å². The van der Waals surface area contributed by atoms with Gasteiger partial charge in [0.1, 0.15) is 0 Å². The molecule has 0 aliphatic carbocycles. The SMILES string of the molecule is Cn1nc(C(F)(F)F)c2c(C(N)=O)cccc21. The molecule has 1 heterocycles. The molecule has 0 atom stereocenters. The number of rotatable bonds is 1. The van der Waals surface area contributed by atoms with Crippen LogP contribution in [0.15, 0.2) is 18.2 Å². The second-order valence-electron chi connectivity index (χ2n) is 3.53. The molecule has 0 aliphatic rings. The Morgan fingerprint density at radius 2 is 2.06 bits per heavy atom. The van der Waals surface area contributed by atoms with Crippen LogP contribution in [0.25, 0.3) is 10.9 Å². The lowest BCUT2D eigenvalue weighted by Crippen LogP contribution is -2.13. The number of nitrogens with zero attached hydrogens (tertiary/aromatic N) is 2. The van der Waals surface area contributed by atoms with E-state index in [1.807, 2.05) is 0 Å². The number of fused-ring (bicyclic) bond motifs is 1. The third kappa shape index (κ3) is 1.73. The molecule has 1 aromatic carbocycles. The second-order valence-corrected chi connectivity index (χ2v) is 3.53. The molecule has 0 saturated carbocycles. The van der Waals surface area contributed by atoms with E-state index in [1.165, 1.54) is 25.2 Å². The van der Waals surface area contributed by atoms with Gasteiger partial charge in [0.15, 0.2) is 5.69 Å². The zero-order chi connectivity index (χ0) is 12.8. The molecule has 2 N–H and O–H groups in total. The van der Waals surface area contributed by atoms with Crippen molar-refractivity contribution in [3.05, 3.63) is 29.5 Å². The summed E-state index contributed by atoms with van der Waals surface area (Å²) in [4.78, 5) is 11.1. The molecule has 0 radical (unpaired) electrons. The summed E-state index contributed by atoms with van der Waals surface area (Å²) in [5.41, 5.74) is 4.00. The van der Waals surface area contributed by atoms with Crippen molar-refractivity contribution in [3.8, 4) is 0 Å². The Kier molecular flexibility index (Phi) is 2.34. The van der Waals surface area contributed by atoms with Gasteiger partial charge >= 0.3 is 6.18 Å². The minimum atomic E-state index is -4.62. The number of carbonyl (C=O) groups is 1. The van der Waals surface area contributed by atoms with Crippen molar-refractivity contribution < 1.29 is 18.0 Å². The number of alkyl halides is 3. The van der Waals surface area contributed by atoms with Crippen LogP contribution in [0.5, 0.6) is 0 Å². The maximum Gasteiger partial charge on any atom is 0.435 e. The molecular weight excluding hydrogens is 235 g/mol. The number of nitrogens with two attached hydrogens (primary N) is 1. The van der Waals surface area contributed by atoms with Gasteiger partial charge in [-0.05, 0) is 12.1 Å². The van der Waals surface area contributed by atoms with Crippen molar-refractivity contribution in [2.45, 2.75) is 6.18 Å². The Bertz CT molecular complexity index is 601. The van der Waals surface area contributed by atoms with Gasteiger partial charge in [-0.3, -0.25) is 9.48 Å². The summed E-state index contributed by atoms with van der Waals surface area (Å²) in [5.74, 6) is -0.908. The van der Waals surface area contributed by atoms with E-state index in [2.05, 4.69) is 5.10 Å². The number of aromatic nitrogens is 2. The average molecular weight is 243 g/mol. The summed E-state index contributed by atoms with van der Waals surface area (Å²) in [7, 11) is 1.38. The van der Waals surface area contributed by atoms with Crippen LogP contribution in [0, 0.1) is 0 Å². The van der Waals surface area contributed by atoms with Crippen LogP contribution in [0.1, 0.15) is 16.1 Å². The normalized spacial score (nSPS) is 12.0. The first-order chi connectivity index (χ1) is 7.82. The molecule has 0 aliphatic heterocycles. The highest BCUT2D eigenvalue weighted by Gasteiger charge is 2.37. The van der Waals surface area contributed by atoms with Crippen LogP contribution in [-0.2, 0) is 13.2 Å². The lowest BCUT2D eigenvalue weighted by atomic mass is 10.1. The van der Waals surface area contributed by atoms with Gasteiger partial charge in [0, 0.05) is 12.4 Å². The van der Waals surface area contributed by atoms with Gasteiger partial charge in [0.2, 0.25) is 5.91 Å². The number of benzene rings is 1. The quantitative estimate of drug-likeness (QED) is 0.828. The zero-order valence-electron chi connectivity index (χ0n) is 8.75. The summed E-state index contributed by atoms with van der Waals surface area (Å²) in [6.45, 7) is 0. The molecule has 0 bridgehead atoms. The second kappa shape index (κ2) is 3.47. The maximum absolute atomic E-state index is 12.7. The predicted molar refractivity (Wildman–Crippen MR) is 54.2 cm³/mol. The predicted octanol–water partition coefficient (Wildman–Crippen LogP) is 1.69. The highest BCUT2D eigenvalue weighted by Crippen LogP contribution is 2.35. The third-order valence-corrected chi connectivity index (χ3v) is 2.41. The van der Waals surface area contributed by atoms with E-state index in [1.54, 1.807) is 0 Å². The maximum atomic E-state index is 12.7. The zero-order valence-corrected chi connectivity index (χ0v) is 8.75. The van der Waals surface area contributed by atoms with Crippen LogP contribution in [0.3, 0.4) is 0 Å². The molecule has 7 heteroatoms. The number of primary amides is 1. The van der Waals surface area contributed by atoms with E-state index >= 15 is 0 Å². The van der Waals surface area contributed by atoms with Crippen molar-refractivity contribution >= 4 is 16.8 Å². The summed E-state index contributed by atoms with van der Waals surface area (Å²) in [6, 6.07) is 4.16. The summed E-state index contributed by atoms with van der Waals surface area (Å²) in [5, 5.41) is 3.13. The van der Waals surface area contributed by atoms with Gasteiger partial charge in [-0.25, -0.2) is 0 Å². The Hall–Kier alpha value is -2.05. The fourth-order valence-electron chi connectivity index (χ4n) is 1.72. The Labute approximate surface area is 93.8 Å². The van der Waals surface area contributed by atoms with Crippen molar-refractivity contribution in [2.24, 2.45) is 12.8 Å². The number of hydrogen-bond donors (Lipinski definition) is 1. The van der Waals surface area contributed by atoms with Crippen molar-refractivity contribution in [1.82, 2.24) is 9.78 Å². The molecular formula is C10H8F3N3O. The van der Waals surface area contributed by atoms with Crippen LogP contribution in [0.4, 0.5) is 13.2 Å². The standard InChI is InChI=1S/C10H8F3N3O/c1-16-6-4-2-3-5(9(14)17)7(6)8(15-16)10(11,12)13/h2-4H,1H3,(H2,14,17). The van der Waals surface area contributed by atoms with Gasteiger partial charge in [-0.1, -0.05) is 6.07 Å². The minimum absolute atomic E-state index is 0.178. The van der Waals surface area contributed by atoms with E-state index in [0.29, 0.717) is 0 Å². The Balaban J connectivity index is 2.91. The first kappa shape index (κ1) is 11.4. The first-order valence-corrected chi connectivity index (χ1v) is 4.65. The molecule has 0 unspecified atom stereocenters. The smallest absolute Gasteiger partial charge is 0.366 e. The van der Waals surface area contributed by atoms with Gasteiger partial charge in [-0.2, -0.15) is 18.3 Å². The van der Waals surface area contributed by atoms with Crippen molar-refractivity contribution in [3.63, 3.8) is 0 Å². The van der Waals surface area contributed by atoms with Crippen molar-refractivity contribution in [1.29, 1.82) is 0 Å². The number of carbonyl (C=O) groups excluding carboxylic acids is 1. The summed E-state index contributed by atoms with van der Waals surface area (Å²) < 4.78 is 39.3. The van der Waals surface area contributed by atoms with Crippen LogP contribution in [-0.4, -0.2) is 15.7 Å².